The van der Waals surface area contributed by atoms with E-state index in [2.05, 4.69) is 63.2 Å². The van der Waals surface area contributed by atoms with Gasteiger partial charge in [-0.25, -0.2) is 0 Å². The van der Waals surface area contributed by atoms with E-state index in [-0.39, 0.29) is 119 Å². The molecule has 1 saturated heterocycles. The lowest BCUT2D eigenvalue weighted by atomic mass is 10.00. The van der Waals surface area contributed by atoms with Crippen molar-refractivity contribution in [3.8, 4) is 5.75 Å². The summed E-state index contributed by atoms with van der Waals surface area (Å²) in [5.41, 5.74) is 28.2. The van der Waals surface area contributed by atoms with E-state index in [1.165, 1.54) is 30.8 Å². The second-order valence-electron chi connectivity index (χ2n) is 20.6. The third-order valence-corrected chi connectivity index (χ3v) is 15.6. The van der Waals surface area contributed by atoms with Gasteiger partial charge in [0.1, 0.15) is 54.1 Å². The largest absolute Gasteiger partial charge is 0.508 e. The molecule has 8 atom stereocenters. The van der Waals surface area contributed by atoms with Crippen molar-refractivity contribution in [2.24, 2.45) is 50.5 Å². The van der Waals surface area contributed by atoms with Crippen LogP contribution in [0.4, 0.5) is 0 Å². The first kappa shape index (κ1) is 72.9. The zero-order valence-electron chi connectivity index (χ0n) is 48.5. The van der Waals surface area contributed by atoms with Gasteiger partial charge in [0, 0.05) is 50.9 Å². The van der Waals surface area contributed by atoms with Crippen LogP contribution in [0.3, 0.4) is 0 Å². The molecule has 0 saturated carbocycles. The average Bonchev–Trinajstić information content (AvgIpc) is 3.46. The molecule has 1 aliphatic rings. The number of phenolic OH excluding ortho intramolecular Hbond substituents is 1. The quantitative estimate of drug-likeness (QED) is 0.0263. The minimum atomic E-state index is -1.38. The number of hydrogen-bond donors (Lipinski definition) is 16. The summed E-state index contributed by atoms with van der Waals surface area (Å²) in [7, 11) is 2.08. The lowest BCUT2D eigenvalue weighted by Gasteiger charge is -2.28. The number of carbonyl (C=O) groups is 11. The highest BCUT2D eigenvalue weighted by molar-refractivity contribution is 8.76. The lowest BCUT2D eigenvalue weighted by Crippen LogP contribution is -2.59. The zero-order valence-corrected chi connectivity index (χ0v) is 51.0. The number of rotatable bonds is 20. The van der Waals surface area contributed by atoms with Gasteiger partial charge in [0.15, 0.2) is 11.9 Å². The van der Waals surface area contributed by atoms with Crippen molar-refractivity contribution in [1.82, 2.24) is 53.2 Å². The van der Waals surface area contributed by atoms with Crippen LogP contribution in [0.25, 0.3) is 0 Å². The molecule has 2 rings (SSSR count). The molecule has 1 fully saturated rings. The van der Waals surface area contributed by atoms with E-state index in [9.17, 15) is 57.8 Å². The topological polar surface area (TPSA) is 483 Å². The van der Waals surface area contributed by atoms with E-state index in [0.29, 0.717) is 11.3 Å². The number of nitrogens with zero attached hydrogens (tertiary/aromatic N) is 2. The van der Waals surface area contributed by atoms with Crippen LogP contribution in [-0.2, 0) is 59.2 Å². The number of amides is 11. The van der Waals surface area contributed by atoms with Crippen LogP contribution >= 0.6 is 33.3 Å². The number of aromatic hydroxyl groups is 1. The molecular weight excluding hydrogens is 1150 g/mol. The number of primary amides is 1. The fourth-order valence-corrected chi connectivity index (χ4v) is 10.9. The predicted molar refractivity (Wildman–Crippen MR) is 324 cm³/mol. The summed E-state index contributed by atoms with van der Waals surface area (Å²) in [5.74, 6) is -9.13. The van der Waals surface area contributed by atoms with Gasteiger partial charge < -0.3 is 86.9 Å². The van der Waals surface area contributed by atoms with E-state index < -0.39 is 126 Å². The molecule has 1 heterocycles. The number of hydrogen-bond acceptors (Lipinski definition) is 17. The SMILES string of the molecule is CSCCC1NC(=O)[C@H](NC(=O)C(CCCN=C(N)N)NC(C)=O)CSSCC(C(N)=O)NC(=O)CCCCNC(=O)C(Cc2ccc(O)cc2)NC(=O)C(C(C)C)NC(=O)C(CCCN=C(N)N)NC(=O)CNC(=O)C(CC(C)C)NC1=O. The van der Waals surface area contributed by atoms with Crippen LogP contribution in [0.2, 0.25) is 0 Å². The van der Waals surface area contributed by atoms with E-state index in [1.807, 2.05) is 0 Å². The summed E-state index contributed by atoms with van der Waals surface area (Å²) < 4.78 is 0. The highest BCUT2D eigenvalue weighted by Crippen LogP contribution is 2.24. The fourth-order valence-electron chi connectivity index (χ4n) is 8.10. The van der Waals surface area contributed by atoms with Gasteiger partial charge in [-0.3, -0.25) is 62.7 Å². The number of thioether (sulfide) groups is 1. The molecule has 32 heteroatoms. The zero-order chi connectivity index (χ0) is 62.9. The molecule has 21 N–H and O–H groups in total. The summed E-state index contributed by atoms with van der Waals surface area (Å²) in [6, 6.07) is -4.05. The Bertz CT molecular complexity index is 2430. The molecule has 470 valence electrons. The average molecular weight is 1240 g/mol. The third-order valence-electron chi connectivity index (χ3n) is 12.5. The number of carbonyl (C=O) groups excluding carboxylic acids is 11. The van der Waals surface area contributed by atoms with E-state index in [1.54, 1.807) is 46.1 Å². The van der Waals surface area contributed by atoms with Crippen LogP contribution in [-0.4, -0.2) is 180 Å². The molecule has 11 amide bonds. The normalized spacial score (nSPS) is 22.3. The molecule has 0 radical (unpaired) electrons. The maximum atomic E-state index is 14.3. The number of aliphatic imine (C=N–C) groups is 2. The Labute approximate surface area is 502 Å². The number of nitrogens with one attached hydrogen (secondary N) is 10. The number of benzene rings is 1. The van der Waals surface area contributed by atoms with Gasteiger partial charge in [-0.15, -0.1) is 0 Å². The number of nitrogens with two attached hydrogens (primary N) is 5. The molecule has 1 aliphatic heterocycles. The van der Waals surface area contributed by atoms with Crippen molar-refractivity contribution in [2.75, 3.05) is 49.7 Å². The van der Waals surface area contributed by atoms with E-state index in [0.717, 1.165) is 21.6 Å². The Morgan fingerprint density at radius 2 is 1.29 bits per heavy atom. The van der Waals surface area contributed by atoms with Crippen LogP contribution in [0.5, 0.6) is 5.75 Å². The number of phenols is 1. The molecular formula is C52H87N17O12S3. The highest BCUT2D eigenvalue weighted by Gasteiger charge is 2.34. The Morgan fingerprint density at radius 3 is 1.89 bits per heavy atom. The maximum absolute atomic E-state index is 14.3. The van der Waals surface area contributed by atoms with Crippen molar-refractivity contribution in [3.05, 3.63) is 29.8 Å². The van der Waals surface area contributed by atoms with Gasteiger partial charge in [0.25, 0.3) is 0 Å². The first-order valence-corrected chi connectivity index (χ1v) is 31.4. The number of guanidine groups is 2. The van der Waals surface area contributed by atoms with Gasteiger partial charge >= 0.3 is 0 Å². The standard InChI is InChI=1S/C52H87N17O12S3/c1-28(2)23-36-45(76)61-25-41(73)63-34(12-10-21-60-52(56)57)48(79)69-42(29(3)4)50(81)67-37(24-31-14-16-32(71)17-15-31)44(75)58-19-8-7-13-40(72)64-38(43(53)74)26-83-84-27-39(49(80)65-35(18-22-82-6)47(78)66-36)68-46(77)33(62-30(5)70)11-9-20-59-51(54)55/h14-17,28-29,33-39,42,71H,7-13,18-27H2,1-6H3,(H2,53,74)(H,58,75)(H,61,76)(H,62,70)(H,63,73)(H,64,72)(H,65,80)(H,66,78)(H,67,81)(H,68,77)(H,69,79)(H4,54,55,59)(H4,56,57,60)/t33?,34?,35?,36?,37?,38?,39-,42?/m1/s1. The summed E-state index contributed by atoms with van der Waals surface area (Å²) in [4.78, 5) is 158. The Hall–Kier alpha value is -7.22. The monoisotopic (exact) mass is 1240 g/mol. The second kappa shape index (κ2) is 39.3. The molecule has 1 aromatic carbocycles. The summed E-state index contributed by atoms with van der Waals surface area (Å²) in [6.45, 7) is 7.69. The van der Waals surface area contributed by atoms with Gasteiger partial charge in [0.2, 0.25) is 65.0 Å². The van der Waals surface area contributed by atoms with Gasteiger partial charge in [0.05, 0.1) is 6.54 Å². The summed E-state index contributed by atoms with van der Waals surface area (Å²) in [5, 5.41) is 36.5. The van der Waals surface area contributed by atoms with Crippen molar-refractivity contribution < 1.29 is 57.8 Å². The Morgan fingerprint density at radius 1 is 0.690 bits per heavy atom. The van der Waals surface area contributed by atoms with E-state index in [4.69, 9.17) is 28.7 Å². The van der Waals surface area contributed by atoms with Gasteiger partial charge in [-0.2, -0.15) is 11.8 Å². The molecule has 0 spiro atoms. The van der Waals surface area contributed by atoms with Gasteiger partial charge in [-0.05, 0) is 92.9 Å². The molecule has 84 heavy (non-hydrogen) atoms. The highest BCUT2D eigenvalue weighted by atomic mass is 33.1. The molecule has 7 unspecified atom stereocenters. The molecule has 1 aromatic rings. The molecule has 0 bridgehead atoms. The van der Waals surface area contributed by atoms with Crippen molar-refractivity contribution >= 4 is 110 Å². The summed E-state index contributed by atoms with van der Waals surface area (Å²) in [6.07, 6.45) is 2.75. The smallest absolute Gasteiger partial charge is 0.244 e. The van der Waals surface area contributed by atoms with Crippen molar-refractivity contribution in [1.29, 1.82) is 0 Å². The molecule has 0 aliphatic carbocycles. The predicted octanol–water partition coefficient (Wildman–Crippen LogP) is -3.32. The Kier molecular flexibility index (Phi) is 34.1. The minimum Gasteiger partial charge on any atom is -0.508 e. The molecule has 0 aromatic heterocycles. The van der Waals surface area contributed by atoms with Crippen LogP contribution in [0.1, 0.15) is 98.0 Å². The molecule has 29 nitrogen and oxygen atoms in total. The van der Waals surface area contributed by atoms with Gasteiger partial charge in [-0.1, -0.05) is 61.4 Å². The van der Waals surface area contributed by atoms with Crippen molar-refractivity contribution in [2.45, 2.75) is 147 Å². The fraction of sp³-hybridized carbons (Fsp3) is 0.635. The van der Waals surface area contributed by atoms with Crippen LogP contribution in [0.15, 0.2) is 34.3 Å². The maximum Gasteiger partial charge on any atom is 0.244 e. The first-order valence-electron chi connectivity index (χ1n) is 27.5. The third kappa shape index (κ3) is 29.8. The lowest BCUT2D eigenvalue weighted by molar-refractivity contribution is -0.135. The Balaban J connectivity index is 2.64. The summed E-state index contributed by atoms with van der Waals surface area (Å²) >= 11 is 1.37. The minimum absolute atomic E-state index is 0.0293. The first-order chi connectivity index (χ1) is 39.7. The van der Waals surface area contributed by atoms with Crippen LogP contribution < -0.4 is 81.8 Å². The second-order valence-corrected chi connectivity index (χ2v) is 24.1. The van der Waals surface area contributed by atoms with E-state index >= 15 is 0 Å². The van der Waals surface area contributed by atoms with Crippen molar-refractivity contribution in [3.63, 3.8) is 0 Å². The van der Waals surface area contributed by atoms with Crippen LogP contribution in [0, 0.1) is 11.8 Å².